The number of rotatable bonds is 4. The topological polar surface area (TPSA) is 55.1 Å². The monoisotopic (exact) mass is 282 g/mol. The SMILES string of the molecule is NC1CCCC1CNC(=O)Cc1ccc2ccccc2c1. The molecule has 3 N–H and O–H groups in total. The molecule has 0 heterocycles. The second-order valence-electron chi connectivity index (χ2n) is 6.02. The number of nitrogens with one attached hydrogen (secondary N) is 1. The Morgan fingerprint density at radius 2 is 1.95 bits per heavy atom. The molecule has 3 nitrogen and oxygen atoms in total. The van der Waals surface area contributed by atoms with E-state index in [9.17, 15) is 4.79 Å². The number of nitrogens with two attached hydrogens (primary N) is 1. The molecular formula is C18H22N2O. The van der Waals surface area contributed by atoms with Crippen molar-refractivity contribution in [3.8, 4) is 0 Å². The van der Waals surface area contributed by atoms with E-state index in [0.29, 0.717) is 18.9 Å². The molecule has 3 heteroatoms. The fraction of sp³-hybridized carbons (Fsp3) is 0.389. The van der Waals surface area contributed by atoms with E-state index in [1.807, 2.05) is 18.2 Å². The Labute approximate surface area is 125 Å². The Morgan fingerprint density at radius 3 is 2.71 bits per heavy atom. The molecule has 1 aliphatic rings. The zero-order valence-corrected chi connectivity index (χ0v) is 12.2. The molecule has 2 aromatic carbocycles. The number of fused-ring (bicyclic) bond motifs is 1. The summed E-state index contributed by atoms with van der Waals surface area (Å²) in [5.74, 6) is 0.537. The smallest absolute Gasteiger partial charge is 0.224 e. The van der Waals surface area contributed by atoms with E-state index in [2.05, 4.69) is 29.6 Å². The summed E-state index contributed by atoms with van der Waals surface area (Å²) in [7, 11) is 0. The Morgan fingerprint density at radius 1 is 1.14 bits per heavy atom. The molecule has 1 fully saturated rings. The third-order valence-corrected chi connectivity index (χ3v) is 4.46. The van der Waals surface area contributed by atoms with Crippen LogP contribution in [-0.2, 0) is 11.2 Å². The lowest BCUT2D eigenvalue weighted by molar-refractivity contribution is -0.120. The lowest BCUT2D eigenvalue weighted by Gasteiger charge is -2.15. The maximum absolute atomic E-state index is 12.1. The zero-order chi connectivity index (χ0) is 14.7. The van der Waals surface area contributed by atoms with E-state index in [1.54, 1.807) is 0 Å². The van der Waals surface area contributed by atoms with Gasteiger partial charge in [-0.3, -0.25) is 4.79 Å². The second-order valence-corrected chi connectivity index (χ2v) is 6.02. The average Bonchev–Trinajstić information content (AvgIpc) is 2.90. The summed E-state index contributed by atoms with van der Waals surface area (Å²) in [4.78, 5) is 12.1. The van der Waals surface area contributed by atoms with Gasteiger partial charge in [-0.15, -0.1) is 0 Å². The Balaban J connectivity index is 1.58. The van der Waals surface area contributed by atoms with Gasteiger partial charge in [0.25, 0.3) is 0 Å². The van der Waals surface area contributed by atoms with E-state index < -0.39 is 0 Å². The van der Waals surface area contributed by atoms with Crippen molar-refractivity contribution in [2.75, 3.05) is 6.54 Å². The number of benzene rings is 2. The second kappa shape index (κ2) is 6.27. The van der Waals surface area contributed by atoms with E-state index in [-0.39, 0.29) is 11.9 Å². The summed E-state index contributed by atoms with van der Waals surface area (Å²) in [5, 5.41) is 5.42. The van der Waals surface area contributed by atoms with E-state index in [0.717, 1.165) is 18.4 Å². The van der Waals surface area contributed by atoms with Crippen molar-refractivity contribution in [2.45, 2.75) is 31.7 Å². The van der Waals surface area contributed by atoms with Crippen LogP contribution in [0, 0.1) is 5.92 Å². The Kier molecular flexibility index (Phi) is 4.20. The van der Waals surface area contributed by atoms with Crippen molar-refractivity contribution in [3.05, 3.63) is 48.0 Å². The number of hydrogen-bond acceptors (Lipinski definition) is 2. The minimum Gasteiger partial charge on any atom is -0.355 e. The first-order chi connectivity index (χ1) is 10.2. The van der Waals surface area contributed by atoms with Crippen molar-refractivity contribution >= 4 is 16.7 Å². The van der Waals surface area contributed by atoms with Crippen molar-refractivity contribution in [1.29, 1.82) is 0 Å². The minimum absolute atomic E-state index is 0.0874. The molecule has 0 spiro atoms. The van der Waals surface area contributed by atoms with Gasteiger partial charge >= 0.3 is 0 Å². The van der Waals surface area contributed by atoms with Crippen LogP contribution in [0.2, 0.25) is 0 Å². The molecule has 0 radical (unpaired) electrons. The van der Waals surface area contributed by atoms with E-state index in [1.165, 1.54) is 17.2 Å². The average molecular weight is 282 g/mol. The van der Waals surface area contributed by atoms with Crippen molar-refractivity contribution in [2.24, 2.45) is 11.7 Å². The van der Waals surface area contributed by atoms with Crippen LogP contribution in [0.25, 0.3) is 10.8 Å². The highest BCUT2D eigenvalue weighted by Gasteiger charge is 2.23. The van der Waals surface area contributed by atoms with Crippen LogP contribution in [0.5, 0.6) is 0 Å². The number of carbonyl (C=O) groups is 1. The van der Waals surface area contributed by atoms with Gasteiger partial charge < -0.3 is 11.1 Å². The lowest BCUT2D eigenvalue weighted by Crippen LogP contribution is -2.36. The van der Waals surface area contributed by atoms with Gasteiger partial charge in [0.15, 0.2) is 0 Å². The molecule has 2 atom stereocenters. The van der Waals surface area contributed by atoms with Gasteiger partial charge in [-0.2, -0.15) is 0 Å². The third-order valence-electron chi connectivity index (χ3n) is 4.46. The molecule has 0 saturated heterocycles. The molecule has 0 aliphatic heterocycles. The molecule has 21 heavy (non-hydrogen) atoms. The predicted molar refractivity (Wildman–Crippen MR) is 86.0 cm³/mol. The summed E-state index contributed by atoms with van der Waals surface area (Å²) in [6, 6.07) is 14.7. The van der Waals surface area contributed by atoms with Gasteiger partial charge in [0.1, 0.15) is 0 Å². The van der Waals surface area contributed by atoms with Crippen molar-refractivity contribution in [1.82, 2.24) is 5.32 Å². The highest BCUT2D eigenvalue weighted by molar-refractivity contribution is 5.85. The molecule has 0 bridgehead atoms. The number of hydrogen-bond donors (Lipinski definition) is 2. The van der Waals surface area contributed by atoms with Gasteiger partial charge in [-0.1, -0.05) is 48.9 Å². The number of amides is 1. The Bertz CT molecular complexity index is 638. The fourth-order valence-electron chi connectivity index (χ4n) is 3.16. The molecule has 110 valence electrons. The molecule has 1 amide bonds. The standard InChI is InChI=1S/C18H22N2O/c19-17-7-3-6-16(17)12-20-18(21)11-13-8-9-14-4-1-2-5-15(14)10-13/h1-2,4-5,8-10,16-17H,3,6-7,11-12,19H2,(H,20,21). The van der Waals surface area contributed by atoms with Gasteiger partial charge in [0.05, 0.1) is 6.42 Å². The van der Waals surface area contributed by atoms with Crippen LogP contribution in [0.15, 0.2) is 42.5 Å². The maximum atomic E-state index is 12.1. The minimum atomic E-state index is 0.0874. The summed E-state index contributed by atoms with van der Waals surface area (Å²) in [5.41, 5.74) is 7.09. The van der Waals surface area contributed by atoms with Crippen LogP contribution < -0.4 is 11.1 Å². The largest absolute Gasteiger partial charge is 0.355 e. The van der Waals surface area contributed by atoms with Crippen LogP contribution in [0.4, 0.5) is 0 Å². The highest BCUT2D eigenvalue weighted by Crippen LogP contribution is 2.23. The molecule has 2 unspecified atom stereocenters. The highest BCUT2D eigenvalue weighted by atomic mass is 16.1. The summed E-state index contributed by atoms with van der Waals surface area (Å²) in [6.07, 6.45) is 3.85. The molecule has 1 saturated carbocycles. The van der Waals surface area contributed by atoms with E-state index >= 15 is 0 Å². The van der Waals surface area contributed by atoms with Gasteiger partial charge in [0, 0.05) is 12.6 Å². The van der Waals surface area contributed by atoms with Crippen LogP contribution in [-0.4, -0.2) is 18.5 Å². The summed E-state index contributed by atoms with van der Waals surface area (Å²) < 4.78 is 0. The first-order valence-corrected chi connectivity index (χ1v) is 7.72. The molecule has 2 aromatic rings. The maximum Gasteiger partial charge on any atom is 0.224 e. The quantitative estimate of drug-likeness (QED) is 0.905. The third kappa shape index (κ3) is 3.42. The Hall–Kier alpha value is -1.87. The fourth-order valence-corrected chi connectivity index (χ4v) is 3.16. The van der Waals surface area contributed by atoms with E-state index in [4.69, 9.17) is 5.73 Å². The van der Waals surface area contributed by atoms with Crippen molar-refractivity contribution < 1.29 is 4.79 Å². The molecule has 0 aromatic heterocycles. The first kappa shape index (κ1) is 14.1. The van der Waals surface area contributed by atoms with Gasteiger partial charge in [-0.05, 0) is 35.1 Å². The summed E-state index contributed by atoms with van der Waals surface area (Å²) in [6.45, 7) is 0.716. The predicted octanol–water partition coefficient (Wildman–Crippen LogP) is 2.63. The molecule has 3 rings (SSSR count). The lowest BCUT2D eigenvalue weighted by atomic mass is 10.0. The normalized spacial score (nSPS) is 21.6. The summed E-state index contributed by atoms with van der Waals surface area (Å²) >= 11 is 0. The molecule has 1 aliphatic carbocycles. The van der Waals surface area contributed by atoms with Crippen LogP contribution in [0.3, 0.4) is 0 Å². The molecular weight excluding hydrogens is 260 g/mol. The van der Waals surface area contributed by atoms with Gasteiger partial charge in [-0.25, -0.2) is 0 Å². The first-order valence-electron chi connectivity index (χ1n) is 7.72. The van der Waals surface area contributed by atoms with Crippen LogP contribution >= 0.6 is 0 Å². The number of carbonyl (C=O) groups excluding carboxylic acids is 1. The zero-order valence-electron chi connectivity index (χ0n) is 12.2. The van der Waals surface area contributed by atoms with Crippen LogP contribution in [0.1, 0.15) is 24.8 Å². The van der Waals surface area contributed by atoms with Crippen molar-refractivity contribution in [3.63, 3.8) is 0 Å². The van der Waals surface area contributed by atoms with Gasteiger partial charge in [0.2, 0.25) is 5.91 Å².